The Morgan fingerprint density at radius 3 is 3.04 bits per heavy atom. The largest absolute Gasteiger partial charge is 0.497 e. The standard InChI is InChI=1S/C18H12ClN5O/c1-25-11-2-3-13(19)15(4-11)24-18-10(7-20)8-21-14-6-17-16(5-12(14)18)22-9-23-17/h2-5,8-9H,6H2,1H3,(H,21,24). The van der Waals surface area contributed by atoms with Gasteiger partial charge < -0.3 is 10.1 Å². The van der Waals surface area contributed by atoms with E-state index < -0.39 is 0 Å². The molecule has 1 aliphatic carbocycles. The maximum absolute atomic E-state index is 9.49. The average molecular weight is 350 g/mol. The molecular formula is C18H12ClN5O. The molecule has 1 N–H and O–H groups in total. The summed E-state index contributed by atoms with van der Waals surface area (Å²) in [6, 6.07) is 7.48. The van der Waals surface area contributed by atoms with Crippen LogP contribution >= 0.6 is 11.6 Å². The Kier molecular flexibility index (Phi) is 3.71. The van der Waals surface area contributed by atoms with Crippen LogP contribution in [0.4, 0.5) is 11.4 Å². The van der Waals surface area contributed by atoms with Crippen LogP contribution in [0, 0.1) is 11.3 Å². The molecule has 2 aromatic rings. The van der Waals surface area contributed by atoms with Crippen LogP contribution in [0.15, 0.2) is 40.1 Å². The molecule has 1 aromatic heterocycles. The van der Waals surface area contributed by atoms with Crippen molar-refractivity contribution >= 4 is 41.1 Å². The summed E-state index contributed by atoms with van der Waals surface area (Å²) in [5, 5.41) is 13.3. The minimum Gasteiger partial charge on any atom is -0.497 e. The zero-order valence-corrected chi connectivity index (χ0v) is 14.0. The Labute approximate surface area is 149 Å². The predicted molar refractivity (Wildman–Crippen MR) is 97.8 cm³/mol. The number of halogens is 1. The maximum atomic E-state index is 9.49. The number of benzene rings is 1. The first-order chi connectivity index (χ1) is 12.2. The number of aliphatic imine (C=N–C) groups is 2. The molecule has 1 aromatic carbocycles. The number of nitrogens with zero attached hydrogens (tertiary/aromatic N) is 4. The van der Waals surface area contributed by atoms with Crippen LogP contribution in [-0.2, 0) is 6.42 Å². The number of nitriles is 1. The van der Waals surface area contributed by atoms with E-state index >= 15 is 0 Å². The van der Waals surface area contributed by atoms with Crippen LogP contribution in [-0.4, -0.2) is 24.1 Å². The number of anilines is 2. The van der Waals surface area contributed by atoms with Gasteiger partial charge in [-0.2, -0.15) is 5.26 Å². The van der Waals surface area contributed by atoms with E-state index in [0.29, 0.717) is 34.1 Å². The zero-order chi connectivity index (χ0) is 17.4. The fraction of sp³-hybridized carbons (Fsp3) is 0.111. The van der Waals surface area contributed by atoms with Gasteiger partial charge in [0.1, 0.15) is 18.2 Å². The number of pyridine rings is 1. The molecule has 0 atom stereocenters. The molecule has 25 heavy (non-hydrogen) atoms. The third-order valence-electron chi connectivity index (χ3n) is 4.07. The molecule has 4 rings (SSSR count). The first-order valence-electron chi connectivity index (χ1n) is 7.53. The molecule has 1 aliphatic heterocycles. The maximum Gasteiger partial charge on any atom is 0.121 e. The van der Waals surface area contributed by atoms with Crippen molar-refractivity contribution in [3.63, 3.8) is 0 Å². The molecule has 2 aliphatic rings. The summed E-state index contributed by atoms with van der Waals surface area (Å²) < 4.78 is 5.25. The summed E-state index contributed by atoms with van der Waals surface area (Å²) in [5.41, 5.74) is 5.07. The lowest BCUT2D eigenvalue weighted by atomic mass is 9.95. The van der Waals surface area contributed by atoms with Crippen molar-refractivity contribution in [2.45, 2.75) is 6.42 Å². The molecule has 0 bridgehead atoms. The Hall–Kier alpha value is -3.17. The second-order valence-electron chi connectivity index (χ2n) is 5.52. The van der Waals surface area contributed by atoms with Crippen molar-refractivity contribution in [3.05, 3.63) is 51.9 Å². The predicted octanol–water partition coefficient (Wildman–Crippen LogP) is 3.74. The summed E-state index contributed by atoms with van der Waals surface area (Å²) in [4.78, 5) is 12.9. The third kappa shape index (κ3) is 2.65. The average Bonchev–Trinajstić information content (AvgIpc) is 3.09. The number of fused-ring (bicyclic) bond motifs is 2. The Balaban J connectivity index is 1.85. The van der Waals surface area contributed by atoms with E-state index in [2.05, 4.69) is 26.4 Å². The molecule has 2 heterocycles. The number of hydrogen-bond acceptors (Lipinski definition) is 6. The minimum absolute atomic E-state index is 0.428. The lowest BCUT2D eigenvalue weighted by Crippen LogP contribution is -2.13. The van der Waals surface area contributed by atoms with E-state index in [1.165, 1.54) is 6.34 Å². The van der Waals surface area contributed by atoms with Crippen molar-refractivity contribution in [2.24, 2.45) is 9.98 Å². The molecule has 0 unspecified atom stereocenters. The fourth-order valence-electron chi connectivity index (χ4n) is 2.80. The number of rotatable bonds is 3. The van der Waals surface area contributed by atoms with E-state index in [1.54, 1.807) is 31.5 Å². The summed E-state index contributed by atoms with van der Waals surface area (Å²) in [7, 11) is 1.59. The summed E-state index contributed by atoms with van der Waals surface area (Å²) >= 11 is 6.30. The van der Waals surface area contributed by atoms with Crippen molar-refractivity contribution in [3.8, 4) is 11.8 Å². The van der Waals surface area contributed by atoms with Gasteiger partial charge in [-0.3, -0.25) is 4.98 Å². The van der Waals surface area contributed by atoms with Gasteiger partial charge in [0.25, 0.3) is 0 Å². The molecule has 0 radical (unpaired) electrons. The second-order valence-corrected chi connectivity index (χ2v) is 5.92. The topological polar surface area (TPSA) is 82.7 Å². The van der Waals surface area contributed by atoms with Crippen LogP contribution in [0.1, 0.15) is 16.8 Å². The monoisotopic (exact) mass is 349 g/mol. The molecule has 6 nitrogen and oxygen atoms in total. The molecule has 0 amide bonds. The molecule has 122 valence electrons. The Morgan fingerprint density at radius 2 is 2.24 bits per heavy atom. The van der Waals surface area contributed by atoms with Gasteiger partial charge in [0.2, 0.25) is 0 Å². The fourth-order valence-corrected chi connectivity index (χ4v) is 2.96. The van der Waals surface area contributed by atoms with Crippen LogP contribution in [0.3, 0.4) is 0 Å². The number of hydrogen-bond donors (Lipinski definition) is 1. The molecule has 0 fully saturated rings. The van der Waals surface area contributed by atoms with Gasteiger partial charge in [-0.15, -0.1) is 0 Å². The van der Waals surface area contributed by atoms with Crippen LogP contribution < -0.4 is 10.1 Å². The first kappa shape index (κ1) is 15.4. The molecule has 7 heteroatoms. The van der Waals surface area contributed by atoms with Crippen molar-refractivity contribution < 1.29 is 4.74 Å². The number of aromatic nitrogens is 1. The van der Waals surface area contributed by atoms with Crippen molar-refractivity contribution in [1.82, 2.24) is 4.98 Å². The van der Waals surface area contributed by atoms with Gasteiger partial charge in [0, 0.05) is 24.2 Å². The highest BCUT2D eigenvalue weighted by Gasteiger charge is 2.24. The summed E-state index contributed by atoms with van der Waals surface area (Å²) in [5.74, 6) is 0.668. The lowest BCUT2D eigenvalue weighted by molar-refractivity contribution is 0.415. The second kappa shape index (κ2) is 6.04. The normalized spacial score (nSPS) is 14.1. The summed E-state index contributed by atoms with van der Waals surface area (Å²) in [6.45, 7) is 0. The highest BCUT2D eigenvalue weighted by Crippen LogP contribution is 2.36. The van der Waals surface area contributed by atoms with E-state index in [-0.39, 0.29) is 0 Å². The van der Waals surface area contributed by atoms with Gasteiger partial charge in [-0.25, -0.2) is 9.98 Å². The third-order valence-corrected chi connectivity index (χ3v) is 4.40. The SMILES string of the molecule is COc1ccc(Cl)c(Nc2c(C#N)cnc3c2C=C2N=CN=C2C3)c1. The number of nitrogens with one attached hydrogen (secondary N) is 1. The Morgan fingerprint density at radius 1 is 1.36 bits per heavy atom. The van der Waals surface area contributed by atoms with Gasteiger partial charge in [-0.05, 0) is 18.2 Å². The molecule has 0 saturated carbocycles. The van der Waals surface area contributed by atoms with Crippen molar-refractivity contribution in [2.75, 3.05) is 12.4 Å². The van der Waals surface area contributed by atoms with Crippen LogP contribution in [0.5, 0.6) is 5.75 Å². The number of methoxy groups -OCH3 is 1. The van der Waals surface area contributed by atoms with E-state index in [9.17, 15) is 5.26 Å². The van der Waals surface area contributed by atoms with Crippen LogP contribution in [0.25, 0.3) is 6.08 Å². The van der Waals surface area contributed by atoms with Crippen LogP contribution in [0.2, 0.25) is 5.02 Å². The minimum atomic E-state index is 0.428. The van der Waals surface area contributed by atoms with E-state index in [4.69, 9.17) is 16.3 Å². The van der Waals surface area contributed by atoms with E-state index in [0.717, 1.165) is 22.7 Å². The smallest absolute Gasteiger partial charge is 0.121 e. The zero-order valence-electron chi connectivity index (χ0n) is 13.2. The molecule has 0 saturated heterocycles. The highest BCUT2D eigenvalue weighted by molar-refractivity contribution is 6.33. The Bertz CT molecular complexity index is 1020. The van der Waals surface area contributed by atoms with Crippen molar-refractivity contribution in [1.29, 1.82) is 5.26 Å². The highest BCUT2D eigenvalue weighted by atomic mass is 35.5. The van der Waals surface area contributed by atoms with Gasteiger partial charge in [0.15, 0.2) is 0 Å². The van der Waals surface area contributed by atoms with E-state index in [1.807, 2.05) is 6.08 Å². The van der Waals surface area contributed by atoms with Gasteiger partial charge in [-0.1, -0.05) is 11.6 Å². The van der Waals surface area contributed by atoms with Gasteiger partial charge >= 0.3 is 0 Å². The first-order valence-corrected chi connectivity index (χ1v) is 7.91. The number of allylic oxidation sites excluding steroid dienone is 1. The number of ether oxygens (including phenoxy) is 1. The molecular weight excluding hydrogens is 338 g/mol. The van der Waals surface area contributed by atoms with Gasteiger partial charge in [0.05, 0.1) is 46.2 Å². The molecule has 0 spiro atoms. The quantitative estimate of drug-likeness (QED) is 0.915. The summed E-state index contributed by atoms with van der Waals surface area (Å²) in [6.07, 6.45) is 5.56. The lowest BCUT2D eigenvalue weighted by Gasteiger charge is -2.19.